The molecule has 0 radical (unpaired) electrons. The fourth-order valence-corrected chi connectivity index (χ4v) is 4.36. The van der Waals surface area contributed by atoms with E-state index in [1.807, 2.05) is 30.3 Å². The molecular formula is C22H18ClF3N2O2S2. The summed E-state index contributed by atoms with van der Waals surface area (Å²) in [5.41, 5.74) is 0.493. The molecule has 0 fully saturated rings. The van der Waals surface area contributed by atoms with Gasteiger partial charge in [-0.3, -0.25) is 0 Å². The Bertz CT molecular complexity index is 1120. The Hall–Kier alpha value is -2.62. The van der Waals surface area contributed by atoms with Crippen LogP contribution in [0.5, 0.6) is 0 Å². The molecular weight excluding hydrogens is 481 g/mol. The van der Waals surface area contributed by atoms with Crippen LogP contribution in [0, 0.1) is 0 Å². The van der Waals surface area contributed by atoms with E-state index in [1.165, 1.54) is 11.3 Å². The Labute approximate surface area is 197 Å². The summed E-state index contributed by atoms with van der Waals surface area (Å²) in [7, 11) is 0. The SMILES string of the molecule is CCOC(=O)c1cc(Cc2ccccc2)sc1NC(=S)Nc1cc(C(F)(F)F)ccc1Cl. The number of halogens is 4. The molecule has 0 aliphatic carbocycles. The van der Waals surface area contributed by atoms with Gasteiger partial charge in [0.05, 0.1) is 28.4 Å². The molecule has 0 saturated heterocycles. The van der Waals surface area contributed by atoms with Crippen LogP contribution in [0.1, 0.15) is 33.3 Å². The minimum atomic E-state index is -4.52. The van der Waals surface area contributed by atoms with Crippen LogP contribution >= 0.6 is 35.2 Å². The fourth-order valence-electron chi connectivity index (χ4n) is 2.83. The number of hydrogen-bond donors (Lipinski definition) is 2. The maximum atomic E-state index is 13.0. The van der Waals surface area contributed by atoms with Crippen LogP contribution in [0.15, 0.2) is 54.6 Å². The summed E-state index contributed by atoms with van der Waals surface area (Å²) < 4.78 is 44.2. The number of carbonyl (C=O) groups is 1. The molecule has 1 heterocycles. The van der Waals surface area contributed by atoms with Crippen LogP contribution in [-0.2, 0) is 17.3 Å². The third-order valence-electron chi connectivity index (χ3n) is 4.27. The normalized spacial score (nSPS) is 11.2. The number of rotatable bonds is 6. The molecule has 32 heavy (non-hydrogen) atoms. The molecule has 0 bridgehead atoms. The van der Waals surface area contributed by atoms with Crippen LogP contribution < -0.4 is 10.6 Å². The molecule has 1 aromatic heterocycles. The fraction of sp³-hybridized carbons (Fsp3) is 0.182. The van der Waals surface area contributed by atoms with Crippen molar-refractivity contribution in [3.05, 3.63) is 81.2 Å². The van der Waals surface area contributed by atoms with E-state index in [9.17, 15) is 18.0 Å². The molecule has 10 heteroatoms. The van der Waals surface area contributed by atoms with E-state index in [1.54, 1.807) is 13.0 Å². The molecule has 0 atom stereocenters. The Kier molecular flexibility index (Phi) is 7.76. The molecule has 0 unspecified atom stereocenters. The molecule has 3 rings (SSSR count). The number of nitrogens with one attached hydrogen (secondary N) is 2. The average molecular weight is 499 g/mol. The van der Waals surface area contributed by atoms with Crippen molar-refractivity contribution in [3.8, 4) is 0 Å². The van der Waals surface area contributed by atoms with Gasteiger partial charge in [-0.2, -0.15) is 13.2 Å². The largest absolute Gasteiger partial charge is 0.462 e. The summed E-state index contributed by atoms with van der Waals surface area (Å²) in [5, 5.41) is 6.05. The van der Waals surface area contributed by atoms with E-state index in [4.69, 9.17) is 28.6 Å². The third-order valence-corrected chi connectivity index (χ3v) is 5.85. The van der Waals surface area contributed by atoms with Crippen LogP contribution in [0.25, 0.3) is 0 Å². The monoisotopic (exact) mass is 498 g/mol. The molecule has 0 amide bonds. The highest BCUT2D eigenvalue weighted by molar-refractivity contribution is 7.80. The quantitative estimate of drug-likeness (QED) is 0.283. The molecule has 0 saturated carbocycles. The second kappa shape index (κ2) is 10.3. The van der Waals surface area contributed by atoms with Crippen molar-refractivity contribution < 1.29 is 22.7 Å². The number of alkyl halides is 3. The number of esters is 1. The van der Waals surface area contributed by atoms with Crippen molar-refractivity contribution >= 4 is 56.9 Å². The molecule has 3 aromatic rings. The van der Waals surface area contributed by atoms with Crippen LogP contribution in [0.3, 0.4) is 0 Å². The highest BCUT2D eigenvalue weighted by Crippen LogP contribution is 2.34. The van der Waals surface area contributed by atoms with Gasteiger partial charge in [0.2, 0.25) is 0 Å². The first kappa shape index (κ1) is 24.0. The maximum absolute atomic E-state index is 13.0. The highest BCUT2D eigenvalue weighted by Gasteiger charge is 2.31. The Morgan fingerprint density at radius 1 is 1.12 bits per heavy atom. The Morgan fingerprint density at radius 3 is 2.50 bits per heavy atom. The van der Waals surface area contributed by atoms with Gasteiger partial charge in [-0.15, -0.1) is 11.3 Å². The van der Waals surface area contributed by atoms with Crippen molar-refractivity contribution in [3.63, 3.8) is 0 Å². The molecule has 4 nitrogen and oxygen atoms in total. The molecule has 0 aliphatic rings. The first-order chi connectivity index (χ1) is 15.2. The maximum Gasteiger partial charge on any atom is 0.416 e. The summed E-state index contributed by atoms with van der Waals surface area (Å²) in [6.07, 6.45) is -3.92. The minimum Gasteiger partial charge on any atom is -0.462 e. The van der Waals surface area contributed by atoms with Crippen molar-refractivity contribution in [1.82, 2.24) is 0 Å². The zero-order valence-electron chi connectivity index (χ0n) is 16.8. The van der Waals surface area contributed by atoms with E-state index < -0.39 is 17.7 Å². The standard InChI is InChI=1S/C22H18ClF3N2O2S2/c1-2-30-20(29)16-12-15(10-13-6-4-3-5-7-13)32-19(16)28-21(31)27-18-11-14(22(24,25)26)8-9-17(18)23/h3-9,11-12H,2,10H2,1H3,(H2,27,28,31). The lowest BCUT2D eigenvalue weighted by molar-refractivity contribution is -0.137. The van der Waals surface area contributed by atoms with Gasteiger partial charge in [0.25, 0.3) is 0 Å². The van der Waals surface area contributed by atoms with Gasteiger partial charge in [-0.05, 0) is 49.0 Å². The van der Waals surface area contributed by atoms with Gasteiger partial charge >= 0.3 is 12.1 Å². The smallest absolute Gasteiger partial charge is 0.416 e. The first-order valence-corrected chi connectivity index (χ1v) is 11.1. The van der Waals surface area contributed by atoms with Gasteiger partial charge in [0, 0.05) is 11.3 Å². The van der Waals surface area contributed by atoms with Crippen LogP contribution in [0.2, 0.25) is 5.02 Å². The van der Waals surface area contributed by atoms with Gasteiger partial charge in [0.1, 0.15) is 5.00 Å². The molecule has 2 aromatic carbocycles. The van der Waals surface area contributed by atoms with Crippen molar-refractivity contribution in [1.29, 1.82) is 0 Å². The van der Waals surface area contributed by atoms with Gasteiger partial charge in [-0.1, -0.05) is 41.9 Å². The van der Waals surface area contributed by atoms with E-state index in [0.717, 1.165) is 28.6 Å². The number of carbonyl (C=O) groups excluding carboxylic acids is 1. The van der Waals surface area contributed by atoms with Gasteiger partial charge < -0.3 is 15.4 Å². The molecule has 168 valence electrons. The minimum absolute atomic E-state index is 0.00209. The second-order valence-corrected chi connectivity index (χ2v) is 8.56. The molecule has 0 spiro atoms. The van der Waals surface area contributed by atoms with Crippen molar-refractivity contribution in [2.24, 2.45) is 0 Å². The summed E-state index contributed by atoms with van der Waals surface area (Å²) in [6.45, 7) is 1.90. The van der Waals surface area contributed by atoms with E-state index in [0.29, 0.717) is 17.0 Å². The lowest BCUT2D eigenvalue weighted by Gasteiger charge is -2.14. The number of benzene rings is 2. The lowest BCUT2D eigenvalue weighted by atomic mass is 10.1. The van der Waals surface area contributed by atoms with Crippen LogP contribution in [0.4, 0.5) is 23.9 Å². The summed E-state index contributed by atoms with van der Waals surface area (Å²) in [5.74, 6) is -0.523. The zero-order chi connectivity index (χ0) is 23.3. The topological polar surface area (TPSA) is 50.4 Å². The van der Waals surface area contributed by atoms with Gasteiger partial charge in [-0.25, -0.2) is 4.79 Å². The van der Waals surface area contributed by atoms with E-state index in [-0.39, 0.29) is 22.4 Å². The van der Waals surface area contributed by atoms with Crippen LogP contribution in [-0.4, -0.2) is 17.7 Å². The number of anilines is 2. The molecule has 2 N–H and O–H groups in total. The lowest BCUT2D eigenvalue weighted by Crippen LogP contribution is -2.20. The van der Waals surface area contributed by atoms with Crippen molar-refractivity contribution in [2.45, 2.75) is 19.5 Å². The van der Waals surface area contributed by atoms with Gasteiger partial charge in [0.15, 0.2) is 5.11 Å². The summed E-state index contributed by atoms with van der Waals surface area (Å²) >= 11 is 12.6. The summed E-state index contributed by atoms with van der Waals surface area (Å²) in [4.78, 5) is 13.3. The summed E-state index contributed by atoms with van der Waals surface area (Å²) in [6, 6.07) is 14.3. The Morgan fingerprint density at radius 2 is 1.84 bits per heavy atom. The predicted octanol–water partition coefficient (Wildman–Crippen LogP) is 7.00. The van der Waals surface area contributed by atoms with E-state index in [2.05, 4.69) is 10.6 Å². The van der Waals surface area contributed by atoms with E-state index >= 15 is 0 Å². The first-order valence-electron chi connectivity index (χ1n) is 9.46. The molecule has 0 aliphatic heterocycles. The zero-order valence-corrected chi connectivity index (χ0v) is 19.1. The Balaban J connectivity index is 1.82. The number of thiophene rings is 1. The second-order valence-electron chi connectivity index (χ2n) is 6.61. The predicted molar refractivity (Wildman–Crippen MR) is 126 cm³/mol. The number of thiocarbonyl (C=S) groups is 1. The number of hydrogen-bond acceptors (Lipinski definition) is 4. The average Bonchev–Trinajstić information content (AvgIpc) is 3.11. The van der Waals surface area contributed by atoms with Crippen molar-refractivity contribution in [2.75, 3.05) is 17.2 Å². The highest BCUT2D eigenvalue weighted by atomic mass is 35.5. The number of ether oxygens (including phenoxy) is 1. The third kappa shape index (κ3) is 6.21.